The molecule has 0 saturated heterocycles. The number of carbonyl (C=O) groups excluding carboxylic acids is 2. The smallest absolute Gasteiger partial charge is 0.182 e. The van der Waals surface area contributed by atoms with E-state index in [1.54, 1.807) is 30.4 Å². The maximum atomic E-state index is 12.4. The number of ether oxygens (including phenoxy) is 2. The summed E-state index contributed by atoms with van der Waals surface area (Å²) in [5.41, 5.74) is 3.28. The van der Waals surface area contributed by atoms with Crippen LogP contribution in [0.25, 0.3) is 12.2 Å². The van der Waals surface area contributed by atoms with Crippen LogP contribution < -0.4 is 9.47 Å². The molecule has 42 heavy (non-hydrogen) atoms. The van der Waals surface area contributed by atoms with Gasteiger partial charge in [0.2, 0.25) is 0 Å². The topological polar surface area (TPSA) is 113 Å². The quantitative estimate of drug-likeness (QED) is 0.111. The molecule has 2 aromatic rings. The fourth-order valence-corrected chi connectivity index (χ4v) is 4.81. The number of allylic oxidation sites excluding steroid dienone is 5. The van der Waals surface area contributed by atoms with Gasteiger partial charge in [-0.25, -0.2) is 0 Å². The molecule has 0 saturated carbocycles. The van der Waals surface area contributed by atoms with Crippen molar-refractivity contribution in [3.8, 4) is 17.2 Å². The molecule has 3 N–H and O–H groups in total. The molecule has 3 rings (SSSR count). The van der Waals surface area contributed by atoms with Crippen LogP contribution in [-0.2, 0) is 9.59 Å². The number of carbonyl (C=O) groups is 2. The van der Waals surface area contributed by atoms with E-state index in [-0.39, 0.29) is 41.0 Å². The third-order valence-electron chi connectivity index (χ3n) is 7.11. The molecule has 0 spiro atoms. The first-order valence-corrected chi connectivity index (χ1v) is 13.9. The van der Waals surface area contributed by atoms with Gasteiger partial charge in [0.25, 0.3) is 0 Å². The number of benzene rings is 2. The summed E-state index contributed by atoms with van der Waals surface area (Å²) in [5, 5.41) is 30.3. The maximum absolute atomic E-state index is 12.4. The Hall–Kier alpha value is -4.36. The first-order valence-electron chi connectivity index (χ1n) is 13.9. The number of hydrogen-bond acceptors (Lipinski definition) is 7. The molecular weight excluding hydrogens is 532 g/mol. The lowest BCUT2D eigenvalue weighted by Gasteiger charge is -2.36. The predicted molar refractivity (Wildman–Crippen MR) is 165 cm³/mol. The zero-order chi connectivity index (χ0) is 30.8. The van der Waals surface area contributed by atoms with Crippen LogP contribution in [0.1, 0.15) is 51.7 Å². The van der Waals surface area contributed by atoms with Crippen LogP contribution in [0.3, 0.4) is 0 Å². The van der Waals surface area contributed by atoms with Crippen LogP contribution in [0, 0.1) is 11.8 Å². The lowest BCUT2D eigenvalue weighted by atomic mass is 9.76. The number of rotatable bonds is 12. The minimum absolute atomic E-state index is 0.0114. The van der Waals surface area contributed by atoms with Crippen LogP contribution >= 0.6 is 0 Å². The molecule has 0 aliphatic heterocycles. The molecule has 7 nitrogen and oxygen atoms in total. The fraction of sp³-hybridized carbons (Fsp3) is 0.314. The van der Waals surface area contributed by atoms with Gasteiger partial charge in [-0.3, -0.25) is 9.59 Å². The van der Waals surface area contributed by atoms with Crippen molar-refractivity contribution in [3.63, 3.8) is 0 Å². The Balaban J connectivity index is 1.63. The standard InChI is InChI=1S/C35H40O7/c1-22(2)16-29(38)17-23(3)31-21-33(40)24(4)18-34(31)42-30-13-8-25(9-14-30)6-11-27(36)20-28(37)12-7-26-10-15-32(39)35(19-26)41-5/h6-16,18-20,23,31,33-34,37,39-40H,17,21H2,1-5H3/b11-6+,12-7+,28-20-. The molecular formula is C35H40O7. The zero-order valence-electron chi connectivity index (χ0n) is 24.8. The Morgan fingerprint density at radius 1 is 1.02 bits per heavy atom. The molecule has 0 heterocycles. The summed E-state index contributed by atoms with van der Waals surface area (Å²) in [5.74, 6) is 0.427. The Morgan fingerprint density at radius 2 is 1.69 bits per heavy atom. The molecule has 0 aromatic heterocycles. The molecule has 4 unspecified atom stereocenters. The van der Waals surface area contributed by atoms with Gasteiger partial charge >= 0.3 is 0 Å². The van der Waals surface area contributed by atoms with Gasteiger partial charge in [0, 0.05) is 18.4 Å². The number of methoxy groups -OCH3 is 1. The van der Waals surface area contributed by atoms with Crippen molar-refractivity contribution < 1.29 is 34.4 Å². The van der Waals surface area contributed by atoms with Gasteiger partial charge in [0.15, 0.2) is 23.1 Å². The Labute approximate surface area is 247 Å². The van der Waals surface area contributed by atoms with E-state index in [4.69, 9.17) is 9.47 Å². The largest absolute Gasteiger partial charge is 0.508 e. The molecule has 1 aliphatic rings. The van der Waals surface area contributed by atoms with Crippen LogP contribution in [0.15, 0.2) is 89.8 Å². The normalized spacial score (nSPS) is 19.8. The monoisotopic (exact) mass is 572 g/mol. The molecule has 222 valence electrons. The van der Waals surface area contributed by atoms with Gasteiger partial charge in [0.05, 0.1) is 13.2 Å². The average Bonchev–Trinajstić information content (AvgIpc) is 2.93. The van der Waals surface area contributed by atoms with E-state index in [2.05, 4.69) is 0 Å². The highest BCUT2D eigenvalue weighted by molar-refractivity contribution is 6.02. The van der Waals surface area contributed by atoms with Gasteiger partial charge < -0.3 is 24.8 Å². The predicted octanol–water partition coefficient (Wildman–Crippen LogP) is 6.77. The second-order valence-corrected chi connectivity index (χ2v) is 10.9. The van der Waals surface area contributed by atoms with Crippen LogP contribution in [-0.4, -0.2) is 46.2 Å². The average molecular weight is 573 g/mol. The minimum atomic E-state index is -0.554. The summed E-state index contributed by atoms with van der Waals surface area (Å²) in [6.45, 7) is 7.71. The van der Waals surface area contributed by atoms with E-state index >= 15 is 0 Å². The molecule has 0 fully saturated rings. The van der Waals surface area contributed by atoms with E-state index in [1.165, 1.54) is 25.3 Å². The van der Waals surface area contributed by atoms with Crippen molar-refractivity contribution in [1.29, 1.82) is 0 Å². The summed E-state index contributed by atoms with van der Waals surface area (Å²) in [6, 6.07) is 12.0. The van der Waals surface area contributed by atoms with Gasteiger partial charge in [-0.2, -0.15) is 0 Å². The van der Waals surface area contributed by atoms with E-state index in [0.29, 0.717) is 29.9 Å². The minimum Gasteiger partial charge on any atom is -0.508 e. The van der Waals surface area contributed by atoms with Crippen molar-refractivity contribution in [2.24, 2.45) is 11.8 Å². The number of phenols is 1. The highest BCUT2D eigenvalue weighted by Crippen LogP contribution is 2.34. The van der Waals surface area contributed by atoms with Crippen LogP contribution in [0.2, 0.25) is 0 Å². The number of aliphatic hydroxyl groups excluding tert-OH is 2. The molecule has 7 heteroatoms. The molecule has 0 amide bonds. The summed E-state index contributed by atoms with van der Waals surface area (Å²) in [7, 11) is 1.45. The Morgan fingerprint density at radius 3 is 2.36 bits per heavy atom. The summed E-state index contributed by atoms with van der Waals surface area (Å²) in [6.07, 6.45) is 10.8. The maximum Gasteiger partial charge on any atom is 0.182 e. The van der Waals surface area contributed by atoms with Crippen molar-refractivity contribution >= 4 is 23.7 Å². The lowest BCUT2D eigenvalue weighted by molar-refractivity contribution is -0.116. The lowest BCUT2D eigenvalue weighted by Crippen LogP contribution is -2.38. The first-order chi connectivity index (χ1) is 19.9. The highest BCUT2D eigenvalue weighted by Gasteiger charge is 2.34. The highest BCUT2D eigenvalue weighted by atomic mass is 16.5. The summed E-state index contributed by atoms with van der Waals surface area (Å²) in [4.78, 5) is 24.7. The summed E-state index contributed by atoms with van der Waals surface area (Å²) >= 11 is 0. The number of hydrogen-bond donors (Lipinski definition) is 3. The number of aliphatic hydroxyl groups is 2. The molecule has 0 radical (unpaired) electrons. The number of ketones is 2. The SMILES string of the molecule is COc1cc(/C=C/C(O)=C/C(=O)/C=C/c2ccc(OC3C=C(C)C(O)CC3C(C)CC(=O)C=C(C)C)cc2)ccc1O. The molecule has 1 aliphatic carbocycles. The molecule has 2 aromatic carbocycles. The van der Waals surface area contributed by atoms with E-state index < -0.39 is 6.10 Å². The Bertz CT molecular complexity index is 1410. The van der Waals surface area contributed by atoms with Crippen molar-refractivity contribution in [1.82, 2.24) is 0 Å². The van der Waals surface area contributed by atoms with Gasteiger partial charge in [-0.15, -0.1) is 0 Å². The van der Waals surface area contributed by atoms with Crippen LogP contribution in [0.5, 0.6) is 17.2 Å². The van der Waals surface area contributed by atoms with Gasteiger partial charge in [0.1, 0.15) is 17.6 Å². The Kier molecular flexibility index (Phi) is 11.5. The third kappa shape index (κ3) is 9.63. The van der Waals surface area contributed by atoms with Crippen molar-refractivity contribution in [2.75, 3.05) is 7.11 Å². The second-order valence-electron chi connectivity index (χ2n) is 10.9. The number of phenolic OH excluding ortho intramolecular Hbond substituents is 1. The van der Waals surface area contributed by atoms with E-state index in [0.717, 1.165) is 22.8 Å². The summed E-state index contributed by atoms with van der Waals surface area (Å²) < 4.78 is 11.4. The van der Waals surface area contributed by atoms with Gasteiger partial charge in [-0.05, 0) is 98.4 Å². The van der Waals surface area contributed by atoms with Gasteiger partial charge in [-0.1, -0.05) is 42.8 Å². The second kappa shape index (κ2) is 15.0. The molecule has 0 bridgehead atoms. The fourth-order valence-electron chi connectivity index (χ4n) is 4.81. The number of aromatic hydroxyl groups is 1. The van der Waals surface area contributed by atoms with Crippen LogP contribution in [0.4, 0.5) is 0 Å². The van der Waals surface area contributed by atoms with Crippen molar-refractivity contribution in [3.05, 3.63) is 101 Å². The van der Waals surface area contributed by atoms with E-state index in [1.807, 2.05) is 58.0 Å². The van der Waals surface area contributed by atoms with E-state index in [9.17, 15) is 24.9 Å². The first kappa shape index (κ1) is 32.2. The van der Waals surface area contributed by atoms with Crippen molar-refractivity contribution in [2.45, 2.75) is 52.7 Å². The third-order valence-corrected chi connectivity index (χ3v) is 7.11. The zero-order valence-corrected chi connectivity index (χ0v) is 24.8. The molecule has 4 atom stereocenters.